The Labute approximate surface area is 298 Å². The van der Waals surface area contributed by atoms with Gasteiger partial charge >= 0.3 is 11.9 Å². The molecule has 0 aliphatic heterocycles. The van der Waals surface area contributed by atoms with Crippen LogP contribution >= 0.6 is 0 Å². The van der Waals surface area contributed by atoms with Gasteiger partial charge < -0.3 is 36.8 Å². The van der Waals surface area contributed by atoms with Gasteiger partial charge in [-0.25, -0.2) is 0 Å². The lowest BCUT2D eigenvalue weighted by molar-refractivity contribution is -0.138. The number of carboxylic acid groups (broad SMARTS) is 2. The minimum atomic E-state index is -0.848. The molecule has 0 saturated heterocycles. The highest BCUT2D eigenvalue weighted by atomic mass is 16.4. The van der Waals surface area contributed by atoms with Gasteiger partial charge in [-0.1, -0.05) is 32.1 Å². The number of carboxylic acids is 2. The van der Waals surface area contributed by atoms with E-state index >= 15 is 0 Å². The Bertz CT molecular complexity index is 978. The van der Waals surface area contributed by atoms with Crippen molar-refractivity contribution in [3.8, 4) is 0 Å². The topological polar surface area (TPSA) is 220 Å². The third-order valence-electron chi connectivity index (χ3n) is 8.05. The predicted octanol–water partition coefficient (Wildman–Crippen LogP) is 4.10. The van der Waals surface area contributed by atoms with Crippen LogP contribution in [0, 0.1) is 0 Å². The van der Waals surface area contributed by atoms with Crippen LogP contribution in [0.1, 0.15) is 154 Å². The van der Waals surface area contributed by atoms with Gasteiger partial charge in [0, 0.05) is 77.7 Å². The molecule has 0 heterocycles. The molecule has 0 bridgehead atoms. The van der Waals surface area contributed by atoms with Gasteiger partial charge in [0.1, 0.15) is 0 Å². The Balaban J connectivity index is 3.46. The predicted molar refractivity (Wildman–Crippen MR) is 191 cm³/mol. The second-order valence-corrected chi connectivity index (χ2v) is 12.8. The van der Waals surface area contributed by atoms with Crippen molar-refractivity contribution in [1.82, 2.24) is 26.6 Å². The normalized spacial score (nSPS) is 10.6. The van der Waals surface area contributed by atoms with Crippen LogP contribution in [-0.2, 0) is 33.6 Å². The maximum atomic E-state index is 12.0. The van der Waals surface area contributed by atoms with Crippen LogP contribution in [0.5, 0.6) is 0 Å². The van der Waals surface area contributed by atoms with Crippen molar-refractivity contribution >= 4 is 41.5 Å². The van der Waals surface area contributed by atoms with E-state index in [1.165, 1.54) is 0 Å². The van der Waals surface area contributed by atoms with E-state index in [4.69, 9.17) is 10.2 Å². The molecule has 0 aliphatic carbocycles. The zero-order valence-corrected chi connectivity index (χ0v) is 30.3. The largest absolute Gasteiger partial charge is 0.481 e. The second-order valence-electron chi connectivity index (χ2n) is 12.8. The van der Waals surface area contributed by atoms with Crippen LogP contribution in [0.4, 0.5) is 0 Å². The summed E-state index contributed by atoms with van der Waals surface area (Å²) in [5.41, 5.74) is 0. The summed E-state index contributed by atoms with van der Waals surface area (Å²) in [5, 5.41) is 31.6. The molecule has 0 aromatic heterocycles. The zero-order chi connectivity index (χ0) is 37.1. The summed E-state index contributed by atoms with van der Waals surface area (Å²) >= 11 is 0. The first-order valence-electron chi connectivity index (χ1n) is 18.9. The van der Waals surface area contributed by atoms with Crippen molar-refractivity contribution < 1.29 is 43.8 Å². The fourth-order valence-electron chi connectivity index (χ4n) is 5.07. The number of unbranched alkanes of at least 4 members (excludes halogenated alkanes) is 11. The van der Waals surface area contributed by atoms with Gasteiger partial charge in [0.25, 0.3) is 0 Å². The monoisotopic (exact) mass is 711 g/mol. The van der Waals surface area contributed by atoms with Crippen LogP contribution in [-0.4, -0.2) is 84.4 Å². The van der Waals surface area contributed by atoms with E-state index in [0.29, 0.717) is 84.1 Å². The van der Waals surface area contributed by atoms with Crippen LogP contribution in [0.2, 0.25) is 0 Å². The molecule has 0 saturated carbocycles. The highest BCUT2D eigenvalue weighted by Crippen LogP contribution is 2.05. The van der Waals surface area contributed by atoms with Gasteiger partial charge in [-0.15, -0.1) is 0 Å². The van der Waals surface area contributed by atoms with E-state index in [1.54, 1.807) is 0 Å². The van der Waals surface area contributed by atoms with E-state index in [1.807, 2.05) is 0 Å². The van der Waals surface area contributed by atoms with Gasteiger partial charge in [-0.2, -0.15) is 0 Å². The average Bonchev–Trinajstić information content (AvgIpc) is 3.07. The third kappa shape index (κ3) is 35.6. The molecule has 0 rings (SSSR count). The van der Waals surface area contributed by atoms with E-state index < -0.39 is 11.9 Å². The molecule has 0 aromatic carbocycles. The molecule has 0 radical (unpaired) electrons. The summed E-state index contributed by atoms with van der Waals surface area (Å²) in [4.78, 5) is 80.4. The van der Waals surface area contributed by atoms with Gasteiger partial charge in [0.15, 0.2) is 0 Å². The second kappa shape index (κ2) is 33.8. The maximum absolute atomic E-state index is 12.0. The number of amides is 5. The molecular weight excluding hydrogens is 646 g/mol. The van der Waals surface area contributed by atoms with Crippen molar-refractivity contribution in [3.63, 3.8) is 0 Å². The molecule has 7 N–H and O–H groups in total. The lowest BCUT2D eigenvalue weighted by Crippen LogP contribution is -2.26. The molecule has 0 atom stereocenters. The van der Waals surface area contributed by atoms with Crippen molar-refractivity contribution in [3.05, 3.63) is 0 Å². The quantitative estimate of drug-likeness (QED) is 0.0470. The molecule has 14 heteroatoms. The Hall–Kier alpha value is -3.71. The minimum Gasteiger partial charge on any atom is -0.481 e. The molecule has 0 aromatic rings. The molecular formula is C36H65N5O9. The Kier molecular flexibility index (Phi) is 31.3. The molecule has 0 fully saturated rings. The van der Waals surface area contributed by atoms with E-state index in [2.05, 4.69) is 26.6 Å². The fourth-order valence-corrected chi connectivity index (χ4v) is 5.07. The Morgan fingerprint density at radius 2 is 0.440 bits per heavy atom. The Morgan fingerprint density at radius 3 is 0.660 bits per heavy atom. The number of hydrogen-bond donors (Lipinski definition) is 7. The van der Waals surface area contributed by atoms with Crippen LogP contribution in [0.25, 0.3) is 0 Å². The summed E-state index contributed by atoms with van der Waals surface area (Å²) in [6, 6.07) is 0. The first-order chi connectivity index (χ1) is 24.1. The standard InChI is InChI=1S/C36H65N5O9/c42-30(18-7-2-14-26-39-32(44)20-9-4-16-28-41-34(46)22-11-12-24-36(49)50)37-25-13-1-6-19-31(43)38-27-15-3-8-21-33(45)40-29-17-5-10-23-35(47)48/h1-29H2,(H,37,42)(H,38,43)(H,39,44)(H,40,45)(H,41,46)(H,47,48)(H,49,50). The molecule has 0 aliphatic rings. The summed E-state index contributed by atoms with van der Waals surface area (Å²) in [5.74, 6) is -1.65. The third-order valence-corrected chi connectivity index (χ3v) is 8.05. The van der Waals surface area contributed by atoms with Crippen molar-refractivity contribution in [2.24, 2.45) is 0 Å². The molecule has 5 amide bonds. The number of hydrogen-bond acceptors (Lipinski definition) is 7. The van der Waals surface area contributed by atoms with E-state index in [-0.39, 0.29) is 42.4 Å². The molecule has 288 valence electrons. The number of aliphatic carboxylic acids is 2. The molecule has 50 heavy (non-hydrogen) atoms. The fraction of sp³-hybridized carbons (Fsp3) is 0.806. The van der Waals surface area contributed by atoms with Gasteiger partial charge in [0.2, 0.25) is 29.5 Å². The van der Waals surface area contributed by atoms with Crippen LogP contribution in [0.3, 0.4) is 0 Å². The van der Waals surface area contributed by atoms with Crippen molar-refractivity contribution in [2.75, 3.05) is 32.7 Å². The number of carbonyl (C=O) groups excluding carboxylic acids is 5. The van der Waals surface area contributed by atoms with E-state index in [9.17, 15) is 33.6 Å². The lowest BCUT2D eigenvalue weighted by atomic mass is 10.1. The maximum Gasteiger partial charge on any atom is 0.303 e. The summed E-state index contributed by atoms with van der Waals surface area (Å²) in [6.07, 6.45) is 15.4. The number of rotatable bonds is 35. The summed E-state index contributed by atoms with van der Waals surface area (Å²) in [7, 11) is 0. The smallest absolute Gasteiger partial charge is 0.303 e. The van der Waals surface area contributed by atoms with E-state index in [0.717, 1.165) is 89.9 Å². The lowest BCUT2D eigenvalue weighted by Gasteiger charge is -2.08. The van der Waals surface area contributed by atoms with Gasteiger partial charge in [0.05, 0.1) is 0 Å². The minimum absolute atomic E-state index is 0.00829. The molecule has 0 unspecified atom stereocenters. The summed E-state index contributed by atoms with van der Waals surface area (Å²) in [6.45, 7) is 2.91. The molecule has 14 nitrogen and oxygen atoms in total. The first kappa shape index (κ1) is 46.3. The number of carbonyl (C=O) groups is 7. The van der Waals surface area contributed by atoms with Crippen molar-refractivity contribution in [1.29, 1.82) is 0 Å². The zero-order valence-electron chi connectivity index (χ0n) is 30.3. The van der Waals surface area contributed by atoms with Crippen molar-refractivity contribution in [2.45, 2.75) is 154 Å². The van der Waals surface area contributed by atoms with Gasteiger partial charge in [-0.05, 0) is 77.0 Å². The average molecular weight is 712 g/mol. The SMILES string of the molecule is O=C(O)CCCCCNC(=O)CCCCCNC(=O)CCCCCNC(=O)CCCCCNC(=O)CCCCCNC(=O)CCCCC(=O)O. The number of nitrogens with one attached hydrogen (secondary N) is 5. The highest BCUT2D eigenvalue weighted by Gasteiger charge is 2.06. The first-order valence-corrected chi connectivity index (χ1v) is 18.9. The van der Waals surface area contributed by atoms with Crippen LogP contribution < -0.4 is 26.6 Å². The molecule has 0 spiro atoms. The van der Waals surface area contributed by atoms with Gasteiger partial charge in [-0.3, -0.25) is 33.6 Å². The Morgan fingerprint density at radius 1 is 0.260 bits per heavy atom. The van der Waals surface area contributed by atoms with Crippen LogP contribution in [0.15, 0.2) is 0 Å². The highest BCUT2D eigenvalue weighted by molar-refractivity contribution is 5.77. The summed E-state index contributed by atoms with van der Waals surface area (Å²) < 4.78 is 0.